The van der Waals surface area contributed by atoms with Crippen LogP contribution in [-0.4, -0.2) is 23.0 Å². The van der Waals surface area contributed by atoms with Crippen LogP contribution < -0.4 is 0 Å². The van der Waals surface area contributed by atoms with Crippen molar-refractivity contribution in [1.82, 2.24) is 4.98 Å². The van der Waals surface area contributed by atoms with Gasteiger partial charge in [0.25, 0.3) is 0 Å². The normalized spacial score (nSPS) is 9.67. The van der Waals surface area contributed by atoms with E-state index >= 15 is 0 Å². The second-order valence-electron chi connectivity index (χ2n) is 3.08. The fourth-order valence-electron chi connectivity index (χ4n) is 1.47. The highest BCUT2D eigenvalue weighted by molar-refractivity contribution is 5.97. The third-order valence-corrected chi connectivity index (χ3v) is 2.15. The molecular weight excluding hydrogens is 190 g/mol. The molecule has 0 unspecified atom stereocenters. The molecule has 1 aromatic carbocycles. The smallest absolute Gasteiger partial charge is 0.152 e. The summed E-state index contributed by atoms with van der Waals surface area (Å²) in [7, 11) is 0. The molecular formula is C12H9NO2. The van der Waals surface area contributed by atoms with E-state index in [0.717, 1.165) is 22.8 Å². The van der Waals surface area contributed by atoms with Crippen molar-refractivity contribution < 1.29 is 9.90 Å². The summed E-state index contributed by atoms with van der Waals surface area (Å²) in [5.41, 5.74) is 2.34. The van der Waals surface area contributed by atoms with E-state index in [4.69, 9.17) is 5.11 Å². The lowest BCUT2D eigenvalue weighted by atomic mass is 10.1. The Bertz CT molecular complexity index is 558. The van der Waals surface area contributed by atoms with Gasteiger partial charge in [-0.3, -0.25) is 4.79 Å². The zero-order chi connectivity index (χ0) is 10.7. The molecule has 2 aromatic rings. The number of nitrogens with one attached hydrogen (secondary N) is 1. The predicted molar refractivity (Wildman–Crippen MR) is 57.7 cm³/mol. The summed E-state index contributed by atoms with van der Waals surface area (Å²) < 4.78 is 0. The van der Waals surface area contributed by atoms with Gasteiger partial charge in [-0.05, 0) is 12.1 Å². The molecule has 3 nitrogen and oxygen atoms in total. The van der Waals surface area contributed by atoms with Crippen LogP contribution in [0, 0.1) is 11.8 Å². The van der Waals surface area contributed by atoms with Gasteiger partial charge in [0.05, 0.1) is 0 Å². The molecule has 0 spiro atoms. The van der Waals surface area contributed by atoms with Crippen LogP contribution in [0.1, 0.15) is 15.9 Å². The first kappa shape index (κ1) is 9.50. The molecule has 0 aliphatic carbocycles. The van der Waals surface area contributed by atoms with Crippen molar-refractivity contribution in [3.8, 4) is 11.8 Å². The molecule has 0 radical (unpaired) electrons. The molecule has 0 bridgehead atoms. The zero-order valence-corrected chi connectivity index (χ0v) is 7.95. The molecule has 0 atom stereocenters. The molecule has 1 aromatic heterocycles. The number of rotatable bonds is 1. The Labute approximate surface area is 86.7 Å². The quantitative estimate of drug-likeness (QED) is 0.537. The number of aliphatic hydroxyl groups is 1. The highest BCUT2D eigenvalue weighted by Crippen LogP contribution is 2.17. The molecule has 0 fully saturated rings. The Morgan fingerprint density at radius 1 is 1.47 bits per heavy atom. The second-order valence-corrected chi connectivity index (χ2v) is 3.08. The Kier molecular flexibility index (Phi) is 2.53. The zero-order valence-electron chi connectivity index (χ0n) is 7.95. The van der Waals surface area contributed by atoms with Crippen LogP contribution in [0.4, 0.5) is 0 Å². The van der Waals surface area contributed by atoms with Crippen LogP contribution in [-0.2, 0) is 0 Å². The highest BCUT2D eigenvalue weighted by atomic mass is 16.2. The van der Waals surface area contributed by atoms with Crippen LogP contribution in [0.5, 0.6) is 0 Å². The molecule has 0 amide bonds. The summed E-state index contributed by atoms with van der Waals surface area (Å²) in [6, 6.07) is 5.52. The molecule has 2 rings (SSSR count). The summed E-state index contributed by atoms with van der Waals surface area (Å²) in [5, 5.41) is 9.44. The monoisotopic (exact) mass is 199 g/mol. The molecule has 74 valence electrons. The molecule has 0 saturated heterocycles. The third-order valence-electron chi connectivity index (χ3n) is 2.15. The fraction of sp³-hybridized carbons (Fsp3) is 0.0833. The van der Waals surface area contributed by atoms with Crippen LogP contribution in [0.2, 0.25) is 0 Å². The Morgan fingerprint density at radius 3 is 3.07 bits per heavy atom. The van der Waals surface area contributed by atoms with E-state index in [9.17, 15) is 4.79 Å². The van der Waals surface area contributed by atoms with Gasteiger partial charge in [0.1, 0.15) is 6.61 Å². The fourth-order valence-corrected chi connectivity index (χ4v) is 1.47. The minimum absolute atomic E-state index is 0.150. The maximum Gasteiger partial charge on any atom is 0.152 e. The Hall–Kier alpha value is -2.05. The number of hydrogen-bond donors (Lipinski definition) is 2. The van der Waals surface area contributed by atoms with E-state index in [1.165, 1.54) is 0 Å². The lowest BCUT2D eigenvalue weighted by Gasteiger charge is -1.92. The Morgan fingerprint density at radius 2 is 2.33 bits per heavy atom. The third kappa shape index (κ3) is 1.76. The second kappa shape index (κ2) is 3.99. The molecule has 0 aliphatic rings. The van der Waals surface area contributed by atoms with Gasteiger partial charge in [0.2, 0.25) is 0 Å². The first-order valence-electron chi connectivity index (χ1n) is 4.51. The molecule has 2 N–H and O–H groups in total. The van der Waals surface area contributed by atoms with E-state index in [2.05, 4.69) is 16.8 Å². The van der Waals surface area contributed by atoms with Crippen LogP contribution in [0.3, 0.4) is 0 Å². The topological polar surface area (TPSA) is 53.1 Å². The van der Waals surface area contributed by atoms with Crippen molar-refractivity contribution >= 4 is 17.2 Å². The van der Waals surface area contributed by atoms with Gasteiger partial charge in [0, 0.05) is 28.2 Å². The van der Waals surface area contributed by atoms with Crippen molar-refractivity contribution in [1.29, 1.82) is 0 Å². The number of carbonyl (C=O) groups excluding carboxylic acids is 1. The van der Waals surface area contributed by atoms with Gasteiger partial charge in [-0.2, -0.15) is 0 Å². The number of hydrogen-bond acceptors (Lipinski definition) is 2. The largest absolute Gasteiger partial charge is 0.384 e. The first-order chi connectivity index (χ1) is 7.35. The average molecular weight is 199 g/mol. The van der Waals surface area contributed by atoms with Crippen LogP contribution in [0.25, 0.3) is 10.9 Å². The van der Waals surface area contributed by atoms with Crippen molar-refractivity contribution in [3.05, 3.63) is 35.5 Å². The van der Waals surface area contributed by atoms with Gasteiger partial charge < -0.3 is 10.1 Å². The van der Waals surface area contributed by atoms with Crippen molar-refractivity contribution in [3.63, 3.8) is 0 Å². The van der Waals surface area contributed by atoms with Crippen molar-refractivity contribution in [2.24, 2.45) is 0 Å². The first-order valence-corrected chi connectivity index (χ1v) is 4.51. The van der Waals surface area contributed by atoms with E-state index in [-0.39, 0.29) is 6.61 Å². The summed E-state index contributed by atoms with van der Waals surface area (Å²) in [6.45, 7) is -0.150. The van der Waals surface area contributed by atoms with Crippen LogP contribution >= 0.6 is 0 Å². The van der Waals surface area contributed by atoms with Crippen molar-refractivity contribution in [2.75, 3.05) is 6.61 Å². The minimum atomic E-state index is -0.150. The van der Waals surface area contributed by atoms with Gasteiger partial charge in [-0.1, -0.05) is 17.9 Å². The lowest BCUT2D eigenvalue weighted by Crippen LogP contribution is -1.78. The number of H-pyrrole nitrogens is 1. The molecule has 15 heavy (non-hydrogen) atoms. The standard InChI is InChI=1S/C12H9NO2/c14-5-1-2-9-3-4-11-10(8-15)7-13-12(11)6-9/h3-4,6-8,13-14H,5H2. The molecule has 3 heteroatoms. The van der Waals surface area contributed by atoms with E-state index in [0.29, 0.717) is 5.56 Å². The van der Waals surface area contributed by atoms with Gasteiger partial charge >= 0.3 is 0 Å². The van der Waals surface area contributed by atoms with Crippen LogP contribution in [0.15, 0.2) is 24.4 Å². The number of aliphatic hydroxyl groups excluding tert-OH is 1. The predicted octanol–water partition coefficient (Wildman–Crippen LogP) is 1.32. The summed E-state index contributed by atoms with van der Waals surface area (Å²) in [5.74, 6) is 5.38. The average Bonchev–Trinajstić information content (AvgIpc) is 2.68. The van der Waals surface area contributed by atoms with Crippen molar-refractivity contribution in [2.45, 2.75) is 0 Å². The van der Waals surface area contributed by atoms with E-state index in [1.54, 1.807) is 6.20 Å². The number of aromatic amines is 1. The number of aromatic nitrogens is 1. The number of carbonyl (C=O) groups is 1. The van der Waals surface area contributed by atoms with E-state index in [1.807, 2.05) is 18.2 Å². The minimum Gasteiger partial charge on any atom is -0.384 e. The Balaban J connectivity index is 2.53. The summed E-state index contributed by atoms with van der Waals surface area (Å²) >= 11 is 0. The van der Waals surface area contributed by atoms with Gasteiger partial charge in [0.15, 0.2) is 6.29 Å². The maximum atomic E-state index is 10.7. The van der Waals surface area contributed by atoms with E-state index < -0.39 is 0 Å². The number of benzene rings is 1. The maximum absolute atomic E-state index is 10.7. The molecule has 0 aliphatic heterocycles. The SMILES string of the molecule is O=Cc1c[nH]c2cc(C#CCO)ccc12. The summed E-state index contributed by atoms with van der Waals surface area (Å²) in [6.07, 6.45) is 2.48. The van der Waals surface area contributed by atoms with Gasteiger partial charge in [-0.15, -0.1) is 0 Å². The van der Waals surface area contributed by atoms with Gasteiger partial charge in [-0.25, -0.2) is 0 Å². The number of aldehydes is 1. The number of fused-ring (bicyclic) bond motifs is 1. The molecule has 1 heterocycles. The summed E-state index contributed by atoms with van der Waals surface area (Å²) in [4.78, 5) is 13.7. The highest BCUT2D eigenvalue weighted by Gasteiger charge is 2.01. The molecule has 0 saturated carbocycles. The lowest BCUT2D eigenvalue weighted by molar-refractivity contribution is 0.112.